The first-order valence-corrected chi connectivity index (χ1v) is 6.66. The Labute approximate surface area is 105 Å². The van der Waals surface area contributed by atoms with Crippen molar-refractivity contribution in [2.45, 2.75) is 52.6 Å². The lowest BCUT2D eigenvalue weighted by molar-refractivity contribution is -0.121. The van der Waals surface area contributed by atoms with Crippen molar-refractivity contribution in [1.82, 2.24) is 5.32 Å². The summed E-state index contributed by atoms with van der Waals surface area (Å²) in [6.45, 7) is 7.27. The third-order valence-electron chi connectivity index (χ3n) is 3.23. The van der Waals surface area contributed by atoms with E-state index in [0.29, 0.717) is 37.8 Å². The van der Waals surface area contributed by atoms with E-state index in [1.165, 1.54) is 0 Å². The molecule has 0 fully saturated rings. The monoisotopic (exact) mass is 244 g/mol. The molecule has 17 heavy (non-hydrogen) atoms. The quantitative estimate of drug-likeness (QED) is 0.572. The first-order valence-electron chi connectivity index (χ1n) is 6.66. The molecule has 0 aliphatic carbocycles. The van der Waals surface area contributed by atoms with Gasteiger partial charge in [0, 0.05) is 13.0 Å². The molecule has 1 amide bonds. The van der Waals surface area contributed by atoms with E-state index < -0.39 is 6.10 Å². The van der Waals surface area contributed by atoms with Crippen LogP contribution in [-0.4, -0.2) is 30.2 Å². The minimum absolute atomic E-state index is 0.0279. The van der Waals surface area contributed by atoms with Gasteiger partial charge in [-0.05, 0) is 37.6 Å². The van der Waals surface area contributed by atoms with Gasteiger partial charge in [0.25, 0.3) is 0 Å². The molecule has 4 heteroatoms. The molecular formula is C13H28N2O2. The van der Waals surface area contributed by atoms with Gasteiger partial charge in [-0.2, -0.15) is 0 Å². The molecule has 4 nitrogen and oxygen atoms in total. The highest BCUT2D eigenvalue weighted by atomic mass is 16.3. The van der Waals surface area contributed by atoms with Gasteiger partial charge >= 0.3 is 0 Å². The lowest BCUT2D eigenvalue weighted by atomic mass is 9.88. The Morgan fingerprint density at radius 1 is 1.35 bits per heavy atom. The Balaban J connectivity index is 3.80. The maximum atomic E-state index is 11.5. The molecule has 0 aromatic carbocycles. The molecule has 0 spiro atoms. The van der Waals surface area contributed by atoms with Crippen LogP contribution in [0, 0.1) is 11.8 Å². The molecule has 0 saturated carbocycles. The highest BCUT2D eigenvalue weighted by Crippen LogP contribution is 2.20. The van der Waals surface area contributed by atoms with E-state index in [9.17, 15) is 9.90 Å². The third kappa shape index (κ3) is 8.16. The molecule has 0 rings (SSSR count). The van der Waals surface area contributed by atoms with Gasteiger partial charge in [0.1, 0.15) is 0 Å². The lowest BCUT2D eigenvalue weighted by Gasteiger charge is -2.19. The summed E-state index contributed by atoms with van der Waals surface area (Å²) in [5.41, 5.74) is 5.56. The zero-order valence-electron chi connectivity index (χ0n) is 11.4. The average molecular weight is 244 g/mol. The van der Waals surface area contributed by atoms with E-state index in [0.717, 1.165) is 12.8 Å². The summed E-state index contributed by atoms with van der Waals surface area (Å²) in [5.74, 6) is 1.11. The summed E-state index contributed by atoms with van der Waals surface area (Å²) in [5, 5.41) is 12.1. The van der Waals surface area contributed by atoms with Gasteiger partial charge in [-0.1, -0.05) is 20.8 Å². The minimum atomic E-state index is -0.427. The zero-order valence-corrected chi connectivity index (χ0v) is 11.4. The molecule has 4 N–H and O–H groups in total. The maximum absolute atomic E-state index is 11.5. The second-order valence-electron chi connectivity index (χ2n) is 4.99. The summed E-state index contributed by atoms with van der Waals surface area (Å²) >= 11 is 0. The van der Waals surface area contributed by atoms with Crippen LogP contribution in [0.2, 0.25) is 0 Å². The summed E-state index contributed by atoms with van der Waals surface area (Å²) < 4.78 is 0. The highest BCUT2D eigenvalue weighted by Gasteiger charge is 2.14. The number of aliphatic hydroxyl groups excluding tert-OH is 1. The minimum Gasteiger partial charge on any atom is -0.391 e. The topological polar surface area (TPSA) is 75.3 Å². The Morgan fingerprint density at radius 2 is 2.00 bits per heavy atom. The van der Waals surface area contributed by atoms with Crippen LogP contribution in [0.1, 0.15) is 46.5 Å². The average Bonchev–Trinajstić information content (AvgIpc) is 2.30. The molecule has 0 aromatic rings. The SMILES string of the molecule is CCC(O)CNC(=O)CCC(CCN)C(C)C. The number of nitrogens with two attached hydrogens (primary N) is 1. The number of hydrogen-bond acceptors (Lipinski definition) is 3. The van der Waals surface area contributed by atoms with Gasteiger partial charge in [-0.3, -0.25) is 4.79 Å². The number of carbonyl (C=O) groups excluding carboxylic acids is 1. The Hall–Kier alpha value is -0.610. The second kappa shape index (κ2) is 9.42. The first-order chi connectivity index (χ1) is 8.01. The van der Waals surface area contributed by atoms with E-state index in [1.807, 2.05) is 6.92 Å². The van der Waals surface area contributed by atoms with Crippen molar-refractivity contribution in [2.75, 3.05) is 13.1 Å². The van der Waals surface area contributed by atoms with Crippen LogP contribution < -0.4 is 11.1 Å². The number of aliphatic hydroxyl groups is 1. The van der Waals surface area contributed by atoms with Crippen LogP contribution in [-0.2, 0) is 4.79 Å². The van der Waals surface area contributed by atoms with E-state index in [-0.39, 0.29) is 5.91 Å². The molecule has 0 aliphatic rings. The van der Waals surface area contributed by atoms with Crippen LogP contribution in [0.15, 0.2) is 0 Å². The summed E-state index contributed by atoms with van der Waals surface area (Å²) in [6, 6.07) is 0. The number of hydrogen-bond donors (Lipinski definition) is 3. The van der Waals surface area contributed by atoms with Gasteiger partial charge in [-0.15, -0.1) is 0 Å². The van der Waals surface area contributed by atoms with Crippen LogP contribution in [0.5, 0.6) is 0 Å². The molecule has 0 bridgehead atoms. The Kier molecular flexibility index (Phi) is 9.09. The largest absolute Gasteiger partial charge is 0.391 e. The molecule has 0 saturated heterocycles. The molecule has 0 aliphatic heterocycles. The van der Waals surface area contributed by atoms with Gasteiger partial charge in [-0.25, -0.2) is 0 Å². The third-order valence-corrected chi connectivity index (χ3v) is 3.23. The van der Waals surface area contributed by atoms with E-state index in [1.54, 1.807) is 0 Å². The lowest BCUT2D eigenvalue weighted by Crippen LogP contribution is -2.32. The fraction of sp³-hybridized carbons (Fsp3) is 0.923. The zero-order chi connectivity index (χ0) is 13.3. The fourth-order valence-corrected chi connectivity index (χ4v) is 1.81. The van der Waals surface area contributed by atoms with Crippen molar-refractivity contribution < 1.29 is 9.90 Å². The van der Waals surface area contributed by atoms with Gasteiger partial charge < -0.3 is 16.2 Å². The van der Waals surface area contributed by atoms with Crippen molar-refractivity contribution >= 4 is 5.91 Å². The number of rotatable bonds is 9. The fourth-order valence-electron chi connectivity index (χ4n) is 1.81. The normalized spacial score (nSPS) is 14.7. The van der Waals surface area contributed by atoms with Crippen molar-refractivity contribution in [2.24, 2.45) is 17.6 Å². The maximum Gasteiger partial charge on any atom is 0.220 e. The molecular weight excluding hydrogens is 216 g/mol. The van der Waals surface area contributed by atoms with Crippen LogP contribution in [0.25, 0.3) is 0 Å². The molecule has 0 radical (unpaired) electrons. The Bertz CT molecular complexity index is 208. The number of carbonyl (C=O) groups is 1. The number of nitrogens with one attached hydrogen (secondary N) is 1. The van der Waals surface area contributed by atoms with E-state index in [2.05, 4.69) is 19.2 Å². The van der Waals surface area contributed by atoms with Gasteiger partial charge in [0.05, 0.1) is 6.10 Å². The first kappa shape index (κ1) is 16.4. The van der Waals surface area contributed by atoms with Crippen molar-refractivity contribution in [3.05, 3.63) is 0 Å². The highest BCUT2D eigenvalue weighted by molar-refractivity contribution is 5.75. The molecule has 0 aromatic heterocycles. The van der Waals surface area contributed by atoms with Crippen molar-refractivity contribution in [1.29, 1.82) is 0 Å². The molecule has 2 atom stereocenters. The molecule has 0 heterocycles. The van der Waals surface area contributed by atoms with Gasteiger partial charge in [0.2, 0.25) is 5.91 Å². The second-order valence-corrected chi connectivity index (χ2v) is 4.99. The number of amides is 1. The van der Waals surface area contributed by atoms with E-state index >= 15 is 0 Å². The van der Waals surface area contributed by atoms with E-state index in [4.69, 9.17) is 5.73 Å². The van der Waals surface area contributed by atoms with Gasteiger partial charge in [0.15, 0.2) is 0 Å². The van der Waals surface area contributed by atoms with Crippen LogP contribution in [0.4, 0.5) is 0 Å². The standard InChI is InChI=1S/C13H28N2O2/c1-4-12(16)9-15-13(17)6-5-11(7-8-14)10(2)3/h10-12,16H,4-9,14H2,1-3H3,(H,15,17). The summed E-state index contributed by atoms with van der Waals surface area (Å²) in [4.78, 5) is 11.5. The smallest absolute Gasteiger partial charge is 0.220 e. The summed E-state index contributed by atoms with van der Waals surface area (Å²) in [7, 11) is 0. The van der Waals surface area contributed by atoms with Crippen molar-refractivity contribution in [3.8, 4) is 0 Å². The van der Waals surface area contributed by atoms with Crippen LogP contribution in [0.3, 0.4) is 0 Å². The van der Waals surface area contributed by atoms with Crippen molar-refractivity contribution in [3.63, 3.8) is 0 Å². The predicted octanol–water partition coefficient (Wildman–Crippen LogP) is 1.27. The summed E-state index contributed by atoms with van der Waals surface area (Å²) in [6.07, 6.45) is 2.62. The predicted molar refractivity (Wildman–Crippen MR) is 70.5 cm³/mol. The Morgan fingerprint density at radius 3 is 2.47 bits per heavy atom. The molecule has 2 unspecified atom stereocenters. The van der Waals surface area contributed by atoms with Crippen LogP contribution >= 0.6 is 0 Å². The molecule has 102 valence electrons.